The minimum Gasteiger partial charge on any atom is -0.309 e. The van der Waals surface area contributed by atoms with Gasteiger partial charge in [-0.1, -0.05) is 115 Å². The van der Waals surface area contributed by atoms with E-state index in [1.165, 1.54) is 103 Å². The van der Waals surface area contributed by atoms with E-state index < -0.39 is 0 Å². The van der Waals surface area contributed by atoms with Gasteiger partial charge in [0.25, 0.3) is 0 Å². The zero-order chi connectivity index (χ0) is 34.3. The third-order valence-corrected chi connectivity index (χ3v) is 12.0. The van der Waals surface area contributed by atoms with Crippen LogP contribution in [0.3, 0.4) is 0 Å². The van der Waals surface area contributed by atoms with Crippen LogP contribution in [0.4, 0.5) is 0 Å². The highest BCUT2D eigenvalue weighted by molar-refractivity contribution is 7.26. The van der Waals surface area contributed by atoms with Gasteiger partial charge < -0.3 is 9.13 Å². The van der Waals surface area contributed by atoms with Gasteiger partial charge in [-0.3, -0.25) is 0 Å². The first-order valence-corrected chi connectivity index (χ1v) is 18.7. The molecule has 11 aromatic rings. The van der Waals surface area contributed by atoms with Gasteiger partial charge in [0.2, 0.25) is 0 Å². The second-order valence-electron chi connectivity index (χ2n) is 13.8. The third kappa shape index (κ3) is 4.30. The minimum absolute atomic E-state index is 1.18. The Bertz CT molecular complexity index is 3190. The van der Waals surface area contributed by atoms with Gasteiger partial charge >= 0.3 is 0 Å². The maximum Gasteiger partial charge on any atom is 0.0541 e. The van der Waals surface area contributed by atoms with Crippen LogP contribution in [0.2, 0.25) is 0 Å². The molecular weight excluding hydrogens is 649 g/mol. The number of aryl methyl sites for hydroxylation is 1. The smallest absolute Gasteiger partial charge is 0.0541 e. The van der Waals surface area contributed by atoms with Crippen molar-refractivity contribution in [1.29, 1.82) is 0 Å². The second kappa shape index (κ2) is 11.3. The van der Waals surface area contributed by atoms with Crippen LogP contribution in [-0.4, -0.2) is 9.13 Å². The molecule has 2 nitrogen and oxygen atoms in total. The Kier molecular flexibility index (Phi) is 6.37. The normalized spacial score (nSPS) is 11.9. The Morgan fingerprint density at radius 3 is 1.69 bits per heavy atom. The lowest BCUT2D eigenvalue weighted by atomic mass is 9.98. The lowest BCUT2D eigenvalue weighted by Crippen LogP contribution is -1.98. The summed E-state index contributed by atoms with van der Waals surface area (Å²) < 4.78 is 7.52. The molecule has 0 saturated heterocycles. The monoisotopic (exact) mass is 680 g/mol. The molecule has 0 N–H and O–H groups in total. The van der Waals surface area contributed by atoms with Crippen LogP contribution in [0.5, 0.6) is 0 Å². The van der Waals surface area contributed by atoms with Gasteiger partial charge in [0.1, 0.15) is 0 Å². The zero-order valence-corrected chi connectivity index (χ0v) is 29.4. The van der Waals surface area contributed by atoms with Crippen LogP contribution in [0, 0.1) is 6.92 Å². The van der Waals surface area contributed by atoms with Crippen molar-refractivity contribution in [3.05, 3.63) is 181 Å². The molecule has 0 fully saturated rings. The number of rotatable bonds is 4. The number of aromatic nitrogens is 2. The van der Waals surface area contributed by atoms with E-state index in [1.54, 1.807) is 0 Å². The van der Waals surface area contributed by atoms with E-state index in [9.17, 15) is 0 Å². The molecule has 0 radical (unpaired) electrons. The molecule has 0 bridgehead atoms. The van der Waals surface area contributed by atoms with Gasteiger partial charge in [0.15, 0.2) is 0 Å². The average Bonchev–Trinajstić information content (AvgIpc) is 3.86. The van der Waals surface area contributed by atoms with E-state index in [4.69, 9.17) is 0 Å². The summed E-state index contributed by atoms with van der Waals surface area (Å²) in [4.78, 5) is 0. The van der Waals surface area contributed by atoms with Gasteiger partial charge in [-0.2, -0.15) is 0 Å². The van der Waals surface area contributed by atoms with Crippen molar-refractivity contribution in [1.82, 2.24) is 9.13 Å². The molecule has 0 spiro atoms. The molecule has 0 unspecified atom stereocenters. The summed E-state index contributed by atoms with van der Waals surface area (Å²) in [5, 5.41) is 7.69. The van der Waals surface area contributed by atoms with Crippen LogP contribution in [0.25, 0.3) is 97.4 Å². The van der Waals surface area contributed by atoms with Gasteiger partial charge in [-0.05, 0) is 84.8 Å². The minimum atomic E-state index is 1.18. The van der Waals surface area contributed by atoms with Gasteiger partial charge in [-0.25, -0.2) is 0 Å². The van der Waals surface area contributed by atoms with Crippen LogP contribution >= 0.6 is 11.3 Å². The Hall–Kier alpha value is -6.42. The molecule has 0 aliphatic carbocycles. The maximum atomic E-state index is 2.48. The summed E-state index contributed by atoms with van der Waals surface area (Å²) in [5.41, 5.74) is 13.5. The molecular formula is C49H32N2S. The summed E-state index contributed by atoms with van der Waals surface area (Å²) in [6, 6.07) is 64.7. The highest BCUT2D eigenvalue weighted by Gasteiger charge is 2.19. The molecule has 3 aromatic heterocycles. The first-order valence-electron chi connectivity index (χ1n) is 17.9. The summed E-state index contributed by atoms with van der Waals surface area (Å²) >= 11 is 1.89. The first-order chi connectivity index (χ1) is 25.7. The average molecular weight is 681 g/mol. The quantitative estimate of drug-likeness (QED) is 0.175. The Labute approximate surface area is 305 Å². The molecule has 3 heteroatoms. The van der Waals surface area contributed by atoms with Crippen molar-refractivity contribution in [2.75, 3.05) is 0 Å². The highest BCUT2D eigenvalue weighted by Crippen LogP contribution is 2.44. The SMILES string of the molecule is Cc1ccc(-n2c3ccccc3c3cc(-c4ccc5c(c4)c4ccccc4n5-c4ccccc4)ccc32)c(-c2cccc3c2sc2ccccc23)c1. The molecule has 0 saturated carbocycles. The molecule has 3 heterocycles. The molecule has 0 amide bonds. The molecule has 0 aliphatic rings. The Morgan fingerprint density at radius 1 is 0.385 bits per heavy atom. The topological polar surface area (TPSA) is 9.86 Å². The highest BCUT2D eigenvalue weighted by atomic mass is 32.1. The molecule has 244 valence electrons. The molecule has 0 atom stereocenters. The van der Waals surface area contributed by atoms with Crippen LogP contribution in [0.1, 0.15) is 5.56 Å². The van der Waals surface area contributed by atoms with E-state index in [0.29, 0.717) is 0 Å². The predicted octanol–water partition coefficient (Wildman–Crippen LogP) is 13.9. The lowest BCUT2D eigenvalue weighted by Gasteiger charge is -2.16. The van der Waals surface area contributed by atoms with Crippen LogP contribution in [0.15, 0.2) is 176 Å². The molecule has 52 heavy (non-hydrogen) atoms. The first kappa shape index (κ1) is 29.3. The van der Waals surface area contributed by atoms with Gasteiger partial charge in [0, 0.05) is 58.5 Å². The number of para-hydroxylation sites is 3. The number of benzene rings is 8. The summed E-state index contributed by atoms with van der Waals surface area (Å²) in [7, 11) is 0. The standard InChI is InChI=1S/C49H32N2S/c1-31-22-25-46(40(28-31)39-18-11-17-38-37-16-7-10-21-48(37)52-49(38)39)51-44-20-9-6-15-36(44)42-30-33(24-27-47(42)51)32-23-26-45-41(29-32)35-14-5-8-19-43(35)50(45)34-12-3-2-4-13-34/h2-30H,1H3. The number of nitrogens with zero attached hydrogens (tertiary/aromatic N) is 2. The van der Waals surface area contributed by atoms with E-state index >= 15 is 0 Å². The fraction of sp³-hybridized carbons (Fsp3) is 0.0204. The van der Waals surface area contributed by atoms with E-state index in [1.807, 2.05) is 11.3 Å². The molecule has 8 aromatic carbocycles. The summed E-state index contributed by atoms with van der Waals surface area (Å²) in [6.07, 6.45) is 0. The van der Waals surface area contributed by atoms with Crippen LogP contribution < -0.4 is 0 Å². The maximum absolute atomic E-state index is 2.48. The van der Waals surface area contributed by atoms with Crippen molar-refractivity contribution in [2.24, 2.45) is 0 Å². The van der Waals surface area contributed by atoms with E-state index in [2.05, 4.69) is 192 Å². The fourth-order valence-electron chi connectivity index (χ4n) is 8.44. The number of hydrogen-bond acceptors (Lipinski definition) is 1. The van der Waals surface area contributed by atoms with E-state index in [-0.39, 0.29) is 0 Å². The van der Waals surface area contributed by atoms with Crippen LogP contribution in [-0.2, 0) is 0 Å². The lowest BCUT2D eigenvalue weighted by molar-refractivity contribution is 1.18. The fourth-order valence-corrected chi connectivity index (χ4v) is 9.67. The third-order valence-electron chi connectivity index (χ3n) is 10.8. The van der Waals surface area contributed by atoms with Crippen molar-refractivity contribution in [2.45, 2.75) is 6.92 Å². The van der Waals surface area contributed by atoms with Crippen molar-refractivity contribution in [3.8, 4) is 33.6 Å². The van der Waals surface area contributed by atoms with Crippen molar-refractivity contribution >= 4 is 75.1 Å². The zero-order valence-electron chi connectivity index (χ0n) is 28.5. The van der Waals surface area contributed by atoms with Gasteiger partial charge in [-0.15, -0.1) is 11.3 Å². The predicted molar refractivity (Wildman–Crippen MR) is 224 cm³/mol. The van der Waals surface area contributed by atoms with Gasteiger partial charge in [0.05, 0.1) is 27.8 Å². The molecule has 0 aliphatic heterocycles. The summed E-state index contributed by atoms with van der Waals surface area (Å²) in [5.74, 6) is 0. The number of hydrogen-bond donors (Lipinski definition) is 0. The number of thiophene rings is 1. The second-order valence-corrected chi connectivity index (χ2v) is 14.9. The van der Waals surface area contributed by atoms with E-state index in [0.717, 1.165) is 0 Å². The largest absolute Gasteiger partial charge is 0.309 e. The number of fused-ring (bicyclic) bond motifs is 9. The summed E-state index contributed by atoms with van der Waals surface area (Å²) in [6.45, 7) is 2.20. The Balaban J connectivity index is 1.12. The van der Waals surface area contributed by atoms with Crippen molar-refractivity contribution < 1.29 is 0 Å². The molecule has 11 rings (SSSR count). The van der Waals surface area contributed by atoms with Crippen molar-refractivity contribution in [3.63, 3.8) is 0 Å². The Morgan fingerprint density at radius 2 is 0.962 bits per heavy atom.